The van der Waals surface area contributed by atoms with Crippen LogP contribution in [-0.2, 0) is 16.2 Å². The molecule has 1 atom stereocenters. The molecule has 9 heteroatoms. The van der Waals surface area contributed by atoms with Crippen molar-refractivity contribution in [3.05, 3.63) is 180 Å². The molecule has 1 unspecified atom stereocenters. The maximum absolute atomic E-state index is 14.1. The molecule has 6 aromatic carbocycles. The Bertz CT molecular complexity index is 2230. The van der Waals surface area contributed by atoms with Crippen LogP contribution in [0.4, 0.5) is 17.1 Å². The van der Waals surface area contributed by atoms with Crippen LogP contribution in [-0.4, -0.2) is 23.0 Å². The molecular weight excluding hydrogens is 699 g/mol. The molecule has 3 amide bonds. The van der Waals surface area contributed by atoms with Crippen molar-refractivity contribution in [1.82, 2.24) is 5.32 Å². The van der Waals surface area contributed by atoms with Gasteiger partial charge < -0.3 is 15.4 Å². The Morgan fingerprint density at radius 3 is 2.04 bits per heavy atom. The van der Waals surface area contributed by atoms with E-state index in [2.05, 4.69) is 10.6 Å². The van der Waals surface area contributed by atoms with E-state index in [1.165, 1.54) is 11.8 Å². The lowest BCUT2D eigenvalue weighted by Gasteiger charge is -2.32. The van der Waals surface area contributed by atoms with E-state index in [1.807, 2.05) is 134 Å². The van der Waals surface area contributed by atoms with Crippen LogP contribution in [0.2, 0.25) is 0 Å². The van der Waals surface area contributed by atoms with Gasteiger partial charge in [0, 0.05) is 25.9 Å². The number of rotatable bonds is 11. The zero-order valence-corrected chi connectivity index (χ0v) is 30.4. The molecule has 0 aromatic heterocycles. The van der Waals surface area contributed by atoms with Gasteiger partial charge in [0.15, 0.2) is 0 Å². The van der Waals surface area contributed by atoms with Crippen LogP contribution in [0.15, 0.2) is 178 Å². The first kappa shape index (κ1) is 35.4. The monoisotopic (exact) mass is 733 g/mol. The third-order valence-corrected chi connectivity index (χ3v) is 10.6. The highest BCUT2D eigenvalue weighted by atomic mass is 32.2. The second-order valence-electron chi connectivity index (χ2n) is 12.2. The summed E-state index contributed by atoms with van der Waals surface area (Å²) in [6.07, 6.45) is 1.63. The van der Waals surface area contributed by atoms with Crippen molar-refractivity contribution in [1.29, 1.82) is 0 Å². The number of carbonyl (C=O) groups excluding carboxylic acids is 3. The molecule has 53 heavy (non-hydrogen) atoms. The first-order valence-electron chi connectivity index (χ1n) is 17.0. The normalized spacial score (nSPS) is 12.5. The van der Waals surface area contributed by atoms with Gasteiger partial charge in [-0.25, -0.2) is 0 Å². The lowest BCUT2D eigenvalue weighted by Crippen LogP contribution is -2.34. The average Bonchev–Trinajstić information content (AvgIpc) is 3.20. The number of hydrogen-bond acceptors (Lipinski definition) is 6. The number of para-hydroxylation sites is 2. The number of benzene rings is 6. The maximum atomic E-state index is 14.1. The Morgan fingerprint density at radius 1 is 0.736 bits per heavy atom. The molecule has 0 radical (unpaired) electrons. The summed E-state index contributed by atoms with van der Waals surface area (Å²) in [5.41, 5.74) is 4.49. The number of hydrogen-bond donors (Lipinski definition) is 2. The Hall–Kier alpha value is -6.03. The molecule has 0 fully saturated rings. The van der Waals surface area contributed by atoms with Crippen molar-refractivity contribution in [2.24, 2.45) is 0 Å². The molecular formula is C44H35N3O4S2. The van der Waals surface area contributed by atoms with E-state index >= 15 is 0 Å². The SMILES string of the molecule is CC(Sc1cccc(NC(=O)/C(=C/c2ccc(OCc3ccccc3)cc2)NC(=O)c2ccccc2)c1)C(=O)N1c2ccccc2Sc2ccccc21. The molecule has 0 aliphatic carbocycles. The second-order valence-corrected chi connectivity index (χ2v) is 14.7. The van der Waals surface area contributed by atoms with Gasteiger partial charge in [0.25, 0.3) is 11.8 Å². The Labute approximate surface area is 317 Å². The highest BCUT2D eigenvalue weighted by Gasteiger charge is 2.31. The number of fused-ring (bicyclic) bond motifs is 2. The topological polar surface area (TPSA) is 87.7 Å². The fourth-order valence-corrected chi connectivity index (χ4v) is 7.76. The summed E-state index contributed by atoms with van der Waals surface area (Å²) in [6.45, 7) is 2.32. The van der Waals surface area contributed by atoms with Gasteiger partial charge >= 0.3 is 0 Å². The number of nitrogens with one attached hydrogen (secondary N) is 2. The second kappa shape index (κ2) is 16.5. The summed E-state index contributed by atoms with van der Waals surface area (Å²) in [7, 11) is 0. The molecule has 262 valence electrons. The number of anilines is 3. The minimum Gasteiger partial charge on any atom is -0.489 e. The van der Waals surface area contributed by atoms with Crippen LogP contribution < -0.4 is 20.3 Å². The first-order chi connectivity index (χ1) is 25.9. The van der Waals surface area contributed by atoms with Crippen LogP contribution in [0.25, 0.3) is 6.08 Å². The number of nitrogens with zero attached hydrogens (tertiary/aromatic N) is 1. The molecule has 1 heterocycles. The average molecular weight is 734 g/mol. The maximum Gasteiger partial charge on any atom is 0.272 e. The lowest BCUT2D eigenvalue weighted by molar-refractivity contribution is -0.117. The summed E-state index contributed by atoms with van der Waals surface area (Å²) in [6, 6.07) is 49.1. The molecule has 7 nitrogen and oxygen atoms in total. The van der Waals surface area contributed by atoms with E-state index < -0.39 is 17.1 Å². The molecule has 0 spiro atoms. The summed E-state index contributed by atoms with van der Waals surface area (Å²) in [5.74, 6) is -0.274. The molecule has 0 bridgehead atoms. The van der Waals surface area contributed by atoms with Crippen LogP contribution in [0.3, 0.4) is 0 Å². The predicted molar refractivity (Wildman–Crippen MR) is 214 cm³/mol. The van der Waals surface area contributed by atoms with Crippen molar-refractivity contribution < 1.29 is 19.1 Å². The molecule has 7 rings (SSSR count). The zero-order valence-electron chi connectivity index (χ0n) is 28.8. The standard InChI is InChI=1S/C44H35N3O4S2/c1-30(44(50)47-38-19-8-10-21-40(38)53-41-22-11-9-20-39(41)47)52-36-18-12-17-34(28-36)45-43(49)37(46-42(48)33-15-6-3-7-16-33)27-31-23-25-35(26-24-31)51-29-32-13-4-2-5-14-32/h2-28,30H,29H2,1H3,(H,45,49)(H,46,48)/b37-27-. The van der Waals surface area contributed by atoms with Crippen molar-refractivity contribution in [2.75, 3.05) is 10.2 Å². The van der Waals surface area contributed by atoms with Crippen LogP contribution >= 0.6 is 23.5 Å². The van der Waals surface area contributed by atoms with Gasteiger partial charge in [0.05, 0.1) is 16.6 Å². The summed E-state index contributed by atoms with van der Waals surface area (Å²) < 4.78 is 5.92. The quantitative estimate of drug-likeness (QED) is 0.102. The first-order valence-corrected chi connectivity index (χ1v) is 18.7. The third-order valence-electron chi connectivity index (χ3n) is 8.37. The number of thioether (sulfide) groups is 1. The van der Waals surface area contributed by atoms with E-state index in [0.717, 1.165) is 31.6 Å². The van der Waals surface area contributed by atoms with Gasteiger partial charge in [-0.2, -0.15) is 0 Å². The van der Waals surface area contributed by atoms with E-state index in [0.29, 0.717) is 29.2 Å². The zero-order chi connectivity index (χ0) is 36.6. The smallest absolute Gasteiger partial charge is 0.272 e. The largest absolute Gasteiger partial charge is 0.489 e. The van der Waals surface area contributed by atoms with Crippen molar-refractivity contribution in [3.63, 3.8) is 0 Å². The van der Waals surface area contributed by atoms with Crippen molar-refractivity contribution in [3.8, 4) is 5.75 Å². The van der Waals surface area contributed by atoms with Crippen LogP contribution in [0.5, 0.6) is 5.75 Å². The van der Waals surface area contributed by atoms with Crippen molar-refractivity contribution in [2.45, 2.75) is 33.5 Å². The molecule has 2 N–H and O–H groups in total. The summed E-state index contributed by atoms with van der Waals surface area (Å²) >= 11 is 3.07. The fraction of sp³-hybridized carbons (Fsp3) is 0.0682. The van der Waals surface area contributed by atoms with Gasteiger partial charge in [-0.05, 0) is 90.9 Å². The van der Waals surface area contributed by atoms with E-state index in [9.17, 15) is 14.4 Å². The minimum absolute atomic E-state index is 0.0463. The summed E-state index contributed by atoms with van der Waals surface area (Å²) in [5, 5.41) is 5.30. The highest BCUT2D eigenvalue weighted by Crippen LogP contribution is 2.48. The number of amides is 3. The molecule has 1 aliphatic rings. The van der Waals surface area contributed by atoms with Crippen molar-refractivity contribution >= 4 is 64.4 Å². The predicted octanol–water partition coefficient (Wildman–Crippen LogP) is 9.99. The molecule has 1 aliphatic heterocycles. The molecule has 0 saturated carbocycles. The minimum atomic E-state index is -0.496. The Kier molecular flexibility index (Phi) is 11.0. The van der Waals surface area contributed by atoms with E-state index in [4.69, 9.17) is 4.74 Å². The van der Waals surface area contributed by atoms with Gasteiger partial charge in [-0.3, -0.25) is 19.3 Å². The highest BCUT2D eigenvalue weighted by molar-refractivity contribution is 8.00. The third kappa shape index (κ3) is 8.72. The van der Waals surface area contributed by atoms with Crippen LogP contribution in [0, 0.1) is 0 Å². The molecule has 0 saturated heterocycles. The number of ether oxygens (including phenoxy) is 1. The van der Waals surface area contributed by atoms with E-state index in [1.54, 1.807) is 53.1 Å². The van der Waals surface area contributed by atoms with Gasteiger partial charge in [0.1, 0.15) is 18.1 Å². The summed E-state index contributed by atoms with van der Waals surface area (Å²) in [4.78, 5) is 45.7. The van der Waals surface area contributed by atoms with Gasteiger partial charge in [-0.1, -0.05) is 103 Å². The lowest BCUT2D eigenvalue weighted by atomic mass is 10.1. The van der Waals surface area contributed by atoms with Gasteiger partial charge in [-0.15, -0.1) is 11.8 Å². The Morgan fingerprint density at radius 2 is 1.36 bits per heavy atom. The van der Waals surface area contributed by atoms with Gasteiger partial charge in [0.2, 0.25) is 5.91 Å². The number of carbonyl (C=O) groups is 3. The fourth-order valence-electron chi connectivity index (χ4n) is 5.73. The van der Waals surface area contributed by atoms with E-state index in [-0.39, 0.29) is 11.6 Å². The Balaban J connectivity index is 1.07. The van der Waals surface area contributed by atoms with Crippen LogP contribution in [0.1, 0.15) is 28.4 Å². The molecule has 6 aromatic rings.